The molecule has 0 saturated carbocycles. The maximum Gasteiger partial charge on any atom is 0.234 e. The first kappa shape index (κ1) is 22.0. The van der Waals surface area contributed by atoms with Crippen molar-refractivity contribution >= 4 is 11.8 Å². The van der Waals surface area contributed by atoms with Crippen LogP contribution in [0.2, 0.25) is 0 Å². The number of ether oxygens (including phenoxy) is 2. The summed E-state index contributed by atoms with van der Waals surface area (Å²) < 4.78 is 11.5. The minimum absolute atomic E-state index is 0.0828. The normalized spacial score (nSPS) is 14.7. The molecule has 2 N–H and O–H groups in total. The maximum atomic E-state index is 12.5. The number of amides is 2. The van der Waals surface area contributed by atoms with Crippen LogP contribution in [-0.2, 0) is 9.59 Å². The first-order valence-corrected chi connectivity index (χ1v) is 9.93. The summed E-state index contributed by atoms with van der Waals surface area (Å²) in [5.74, 6) is 1.45. The number of benzene rings is 1. The summed E-state index contributed by atoms with van der Waals surface area (Å²) in [6, 6.07) is 5.76. The van der Waals surface area contributed by atoms with Crippen LogP contribution in [-0.4, -0.2) is 56.1 Å². The number of hydrogen-bond donors (Lipinski definition) is 2. The highest BCUT2D eigenvalue weighted by atomic mass is 16.5. The van der Waals surface area contributed by atoms with Gasteiger partial charge in [-0.1, -0.05) is 19.9 Å². The Labute approximate surface area is 167 Å². The van der Waals surface area contributed by atoms with Crippen molar-refractivity contribution in [1.29, 1.82) is 0 Å². The van der Waals surface area contributed by atoms with E-state index >= 15 is 0 Å². The van der Waals surface area contributed by atoms with Crippen molar-refractivity contribution in [2.45, 2.75) is 46.2 Å². The van der Waals surface area contributed by atoms with Crippen molar-refractivity contribution in [3.8, 4) is 11.5 Å². The second kappa shape index (κ2) is 10.3. The van der Waals surface area contributed by atoms with E-state index in [9.17, 15) is 9.59 Å². The molecular weight excluding hydrogens is 358 g/mol. The lowest BCUT2D eigenvalue weighted by atomic mass is 9.95. The highest BCUT2D eigenvalue weighted by Gasteiger charge is 2.22. The van der Waals surface area contributed by atoms with E-state index in [2.05, 4.69) is 24.5 Å². The molecule has 0 radical (unpaired) electrons. The van der Waals surface area contributed by atoms with Gasteiger partial charge in [-0.3, -0.25) is 14.5 Å². The highest BCUT2D eigenvalue weighted by Crippen LogP contribution is 2.34. The number of carbonyl (C=O) groups is 2. The second-order valence-corrected chi connectivity index (χ2v) is 7.94. The first-order valence-electron chi connectivity index (χ1n) is 9.93. The molecule has 1 aromatic rings. The molecule has 1 heterocycles. The first-order chi connectivity index (χ1) is 13.3. The molecule has 156 valence electrons. The van der Waals surface area contributed by atoms with Gasteiger partial charge in [0.15, 0.2) is 11.5 Å². The summed E-state index contributed by atoms with van der Waals surface area (Å²) in [5.41, 5.74) is 0.979. The number of hydrogen-bond acceptors (Lipinski definition) is 5. The molecule has 2 rings (SSSR count). The number of nitrogens with zero attached hydrogens (tertiary/aromatic N) is 1. The van der Waals surface area contributed by atoms with Gasteiger partial charge in [0.05, 0.1) is 32.3 Å². The Hall–Kier alpha value is -2.28. The average Bonchev–Trinajstić information content (AvgIpc) is 2.83. The van der Waals surface area contributed by atoms with Crippen molar-refractivity contribution in [3.05, 3.63) is 23.8 Å². The van der Waals surface area contributed by atoms with E-state index in [4.69, 9.17) is 9.47 Å². The molecule has 28 heavy (non-hydrogen) atoms. The zero-order valence-electron chi connectivity index (χ0n) is 17.6. The third-order valence-corrected chi connectivity index (χ3v) is 4.39. The molecule has 0 saturated heterocycles. The van der Waals surface area contributed by atoms with Crippen molar-refractivity contribution in [2.75, 3.05) is 33.4 Å². The monoisotopic (exact) mass is 391 g/mol. The Kier molecular flexibility index (Phi) is 8.11. The van der Waals surface area contributed by atoms with Gasteiger partial charge >= 0.3 is 0 Å². The standard InChI is InChI=1S/C21H33N3O4/c1-14(2)21(16-7-8-17-18(11-16)28-10-6-9-27-17)23-20(26)13-24(5)12-19(25)22-15(3)4/h7-8,11,14-15,21H,6,9-10,12-13H2,1-5H3,(H,22,25)(H,23,26)/t21-/m1/s1. The van der Waals surface area contributed by atoms with Crippen LogP contribution in [0.25, 0.3) is 0 Å². The second-order valence-electron chi connectivity index (χ2n) is 7.94. The van der Waals surface area contributed by atoms with Crippen molar-refractivity contribution < 1.29 is 19.1 Å². The maximum absolute atomic E-state index is 12.5. The summed E-state index contributed by atoms with van der Waals surface area (Å²) in [7, 11) is 1.76. The molecule has 7 nitrogen and oxygen atoms in total. The summed E-state index contributed by atoms with van der Waals surface area (Å²) >= 11 is 0. The molecule has 0 fully saturated rings. The molecule has 7 heteroatoms. The number of rotatable bonds is 8. The fraction of sp³-hybridized carbons (Fsp3) is 0.619. The molecule has 2 amide bonds. The molecule has 0 aliphatic carbocycles. The van der Waals surface area contributed by atoms with E-state index in [1.807, 2.05) is 32.0 Å². The zero-order chi connectivity index (χ0) is 20.7. The van der Waals surface area contributed by atoms with Crippen LogP contribution in [0, 0.1) is 5.92 Å². The van der Waals surface area contributed by atoms with Gasteiger partial charge < -0.3 is 20.1 Å². The Bertz CT molecular complexity index is 676. The minimum Gasteiger partial charge on any atom is -0.490 e. The van der Waals surface area contributed by atoms with Crippen LogP contribution >= 0.6 is 0 Å². The fourth-order valence-corrected chi connectivity index (χ4v) is 3.14. The van der Waals surface area contributed by atoms with Gasteiger partial charge in [0, 0.05) is 12.5 Å². The third kappa shape index (κ3) is 6.71. The summed E-state index contributed by atoms with van der Waals surface area (Å²) in [6.45, 7) is 9.55. The summed E-state index contributed by atoms with van der Waals surface area (Å²) in [6.07, 6.45) is 0.852. The van der Waals surface area contributed by atoms with E-state index in [0.29, 0.717) is 13.2 Å². The van der Waals surface area contributed by atoms with Gasteiger partial charge in [0.2, 0.25) is 11.8 Å². The molecule has 0 unspecified atom stereocenters. The quantitative estimate of drug-likeness (QED) is 0.710. The van der Waals surface area contributed by atoms with Crippen molar-refractivity contribution in [1.82, 2.24) is 15.5 Å². The fourth-order valence-electron chi connectivity index (χ4n) is 3.14. The van der Waals surface area contributed by atoms with Crippen LogP contribution in [0.1, 0.15) is 45.7 Å². The van der Waals surface area contributed by atoms with E-state index in [-0.39, 0.29) is 42.9 Å². The van der Waals surface area contributed by atoms with Crippen LogP contribution in [0.15, 0.2) is 18.2 Å². The predicted molar refractivity (Wildman–Crippen MR) is 109 cm³/mol. The lowest BCUT2D eigenvalue weighted by Gasteiger charge is -2.25. The van der Waals surface area contributed by atoms with Gasteiger partial charge in [0.1, 0.15) is 0 Å². The number of likely N-dealkylation sites (N-methyl/N-ethyl adjacent to an activating group) is 1. The van der Waals surface area contributed by atoms with E-state index < -0.39 is 0 Å². The number of carbonyl (C=O) groups excluding carboxylic acids is 2. The van der Waals surface area contributed by atoms with E-state index in [0.717, 1.165) is 23.5 Å². The number of fused-ring (bicyclic) bond motifs is 1. The zero-order valence-corrected chi connectivity index (χ0v) is 17.6. The van der Waals surface area contributed by atoms with Gasteiger partial charge in [-0.25, -0.2) is 0 Å². The van der Waals surface area contributed by atoms with E-state index in [1.165, 1.54) is 0 Å². The van der Waals surface area contributed by atoms with Gasteiger partial charge in [-0.05, 0) is 44.5 Å². The Morgan fingerprint density at radius 2 is 1.61 bits per heavy atom. The van der Waals surface area contributed by atoms with Crippen LogP contribution in [0.5, 0.6) is 11.5 Å². The molecule has 1 aliphatic rings. The van der Waals surface area contributed by atoms with Gasteiger partial charge in [-0.2, -0.15) is 0 Å². The molecule has 1 aliphatic heterocycles. The Balaban J connectivity index is 1.99. The SMILES string of the molecule is CC(C)NC(=O)CN(C)CC(=O)N[C@@H](c1ccc2c(c1)OCCCO2)C(C)C. The average molecular weight is 392 g/mol. The van der Waals surface area contributed by atoms with Crippen LogP contribution < -0.4 is 20.1 Å². The molecule has 0 spiro atoms. The minimum atomic E-state index is -0.150. The number of nitrogens with one attached hydrogen (secondary N) is 2. The lowest BCUT2D eigenvalue weighted by molar-refractivity contribution is -0.125. The van der Waals surface area contributed by atoms with Crippen molar-refractivity contribution in [2.24, 2.45) is 5.92 Å². The largest absolute Gasteiger partial charge is 0.490 e. The third-order valence-electron chi connectivity index (χ3n) is 4.39. The van der Waals surface area contributed by atoms with E-state index in [1.54, 1.807) is 11.9 Å². The topological polar surface area (TPSA) is 79.9 Å². The molecular formula is C21H33N3O4. The van der Waals surface area contributed by atoms with Crippen LogP contribution in [0.3, 0.4) is 0 Å². The predicted octanol–water partition coefficient (Wildman–Crippen LogP) is 2.12. The van der Waals surface area contributed by atoms with Crippen LogP contribution in [0.4, 0.5) is 0 Å². The lowest BCUT2D eigenvalue weighted by Crippen LogP contribution is -2.43. The highest BCUT2D eigenvalue weighted by molar-refractivity contribution is 5.81. The summed E-state index contributed by atoms with van der Waals surface area (Å²) in [4.78, 5) is 26.1. The Morgan fingerprint density at radius 1 is 1.00 bits per heavy atom. The molecule has 1 atom stereocenters. The van der Waals surface area contributed by atoms with Gasteiger partial charge in [-0.15, -0.1) is 0 Å². The van der Waals surface area contributed by atoms with Crippen molar-refractivity contribution in [3.63, 3.8) is 0 Å². The van der Waals surface area contributed by atoms with Gasteiger partial charge in [0.25, 0.3) is 0 Å². The molecule has 1 aromatic carbocycles. The smallest absolute Gasteiger partial charge is 0.234 e. The Morgan fingerprint density at radius 3 is 2.21 bits per heavy atom. The molecule has 0 bridgehead atoms. The summed E-state index contributed by atoms with van der Waals surface area (Å²) in [5, 5.41) is 5.92. The molecule has 0 aromatic heterocycles.